The van der Waals surface area contributed by atoms with Gasteiger partial charge in [-0.3, -0.25) is 4.79 Å². The van der Waals surface area contributed by atoms with Gasteiger partial charge in [0.25, 0.3) is 0 Å². The highest BCUT2D eigenvalue weighted by Crippen LogP contribution is 2.30. The smallest absolute Gasteiger partial charge is 0.159 e. The summed E-state index contributed by atoms with van der Waals surface area (Å²) in [4.78, 5) is 14.9. The fourth-order valence-corrected chi connectivity index (χ4v) is 3.17. The van der Waals surface area contributed by atoms with Gasteiger partial charge in [-0.1, -0.05) is 42.2 Å². The summed E-state index contributed by atoms with van der Waals surface area (Å²) in [7, 11) is 1.66. The lowest BCUT2D eigenvalue weighted by Gasteiger charge is -2.03. The van der Waals surface area contributed by atoms with E-state index >= 15 is 0 Å². The predicted molar refractivity (Wildman–Crippen MR) is 113 cm³/mol. The molecule has 28 heavy (non-hydrogen) atoms. The van der Waals surface area contributed by atoms with E-state index in [1.165, 1.54) is 0 Å². The second-order valence-electron chi connectivity index (χ2n) is 6.53. The van der Waals surface area contributed by atoms with Crippen LogP contribution in [0.3, 0.4) is 0 Å². The van der Waals surface area contributed by atoms with Crippen LogP contribution in [0.1, 0.15) is 28.4 Å². The number of aromatic nitrogens is 1. The van der Waals surface area contributed by atoms with Gasteiger partial charge in [0.15, 0.2) is 5.78 Å². The molecule has 0 aliphatic carbocycles. The molecule has 0 radical (unpaired) electrons. The standard InChI is InChI=1S/C25H19NO2/c1-17(27)19-10-7-18(8-11-19)9-16-23-22-5-3-4-6-24(22)26-25(23)20-12-14-21(28-2)15-13-20/h3-8,10-15,26H,1-2H3. The Bertz CT molecular complexity index is 1200. The van der Waals surface area contributed by atoms with Crippen LogP contribution in [0.2, 0.25) is 0 Å². The number of benzene rings is 3. The van der Waals surface area contributed by atoms with Crippen molar-refractivity contribution >= 4 is 16.7 Å². The molecule has 0 amide bonds. The lowest BCUT2D eigenvalue weighted by Crippen LogP contribution is -1.90. The molecule has 0 saturated heterocycles. The fourth-order valence-electron chi connectivity index (χ4n) is 3.17. The minimum absolute atomic E-state index is 0.0536. The Hall–Kier alpha value is -3.77. The molecule has 3 aromatic carbocycles. The van der Waals surface area contributed by atoms with Crippen LogP contribution < -0.4 is 4.74 Å². The van der Waals surface area contributed by atoms with Crippen molar-refractivity contribution in [2.24, 2.45) is 0 Å². The van der Waals surface area contributed by atoms with E-state index in [4.69, 9.17) is 4.74 Å². The van der Waals surface area contributed by atoms with E-state index < -0.39 is 0 Å². The van der Waals surface area contributed by atoms with Gasteiger partial charge in [0.1, 0.15) is 5.75 Å². The van der Waals surface area contributed by atoms with E-state index in [0.29, 0.717) is 5.56 Å². The predicted octanol–water partition coefficient (Wildman–Crippen LogP) is 5.45. The van der Waals surface area contributed by atoms with Gasteiger partial charge in [0.05, 0.1) is 18.4 Å². The first-order valence-corrected chi connectivity index (χ1v) is 9.04. The number of para-hydroxylation sites is 1. The molecule has 0 aliphatic rings. The van der Waals surface area contributed by atoms with Crippen molar-refractivity contribution in [1.82, 2.24) is 4.98 Å². The van der Waals surface area contributed by atoms with Gasteiger partial charge < -0.3 is 9.72 Å². The van der Waals surface area contributed by atoms with Crippen LogP contribution >= 0.6 is 0 Å². The van der Waals surface area contributed by atoms with Gasteiger partial charge in [-0.05, 0) is 55.0 Å². The topological polar surface area (TPSA) is 42.1 Å². The normalized spacial score (nSPS) is 10.4. The van der Waals surface area contributed by atoms with Crippen molar-refractivity contribution in [2.45, 2.75) is 6.92 Å². The number of nitrogens with one attached hydrogen (secondary N) is 1. The third-order valence-electron chi connectivity index (χ3n) is 4.71. The van der Waals surface area contributed by atoms with Gasteiger partial charge >= 0.3 is 0 Å². The molecule has 4 aromatic rings. The maximum Gasteiger partial charge on any atom is 0.159 e. The molecular formula is C25H19NO2. The number of methoxy groups -OCH3 is 1. The number of ether oxygens (including phenoxy) is 1. The number of H-pyrrole nitrogens is 1. The van der Waals surface area contributed by atoms with Gasteiger partial charge in [-0.2, -0.15) is 0 Å². The number of ketones is 1. The summed E-state index contributed by atoms with van der Waals surface area (Å²) >= 11 is 0. The fraction of sp³-hybridized carbons (Fsp3) is 0.0800. The number of carbonyl (C=O) groups is 1. The number of aromatic amines is 1. The number of rotatable bonds is 3. The second kappa shape index (κ2) is 7.46. The highest BCUT2D eigenvalue weighted by molar-refractivity contribution is 5.95. The number of hydrogen-bond acceptors (Lipinski definition) is 2. The van der Waals surface area contributed by atoms with E-state index in [1.54, 1.807) is 14.0 Å². The Morgan fingerprint density at radius 3 is 2.29 bits per heavy atom. The summed E-state index contributed by atoms with van der Waals surface area (Å²) in [5.41, 5.74) is 5.60. The maximum atomic E-state index is 11.4. The zero-order chi connectivity index (χ0) is 19.5. The quantitative estimate of drug-likeness (QED) is 0.388. The van der Waals surface area contributed by atoms with E-state index in [9.17, 15) is 4.79 Å². The average molecular weight is 365 g/mol. The largest absolute Gasteiger partial charge is 0.497 e. The molecule has 0 spiro atoms. The van der Waals surface area contributed by atoms with Crippen molar-refractivity contribution in [3.8, 4) is 28.8 Å². The number of Topliss-reactive ketones (excluding diaryl/α,β-unsaturated/α-hetero) is 1. The third-order valence-corrected chi connectivity index (χ3v) is 4.71. The maximum absolute atomic E-state index is 11.4. The molecule has 0 aliphatic heterocycles. The second-order valence-corrected chi connectivity index (χ2v) is 6.53. The molecule has 3 heteroatoms. The van der Waals surface area contributed by atoms with Crippen LogP contribution in [-0.4, -0.2) is 17.9 Å². The first-order valence-electron chi connectivity index (χ1n) is 9.04. The first-order chi connectivity index (χ1) is 13.7. The lowest BCUT2D eigenvalue weighted by atomic mass is 10.0. The Morgan fingerprint density at radius 2 is 1.61 bits per heavy atom. The Kier molecular flexibility index (Phi) is 4.70. The van der Waals surface area contributed by atoms with E-state index in [0.717, 1.165) is 39.0 Å². The highest BCUT2D eigenvalue weighted by atomic mass is 16.5. The zero-order valence-corrected chi connectivity index (χ0v) is 15.7. The zero-order valence-electron chi connectivity index (χ0n) is 15.7. The van der Waals surface area contributed by atoms with Crippen molar-refractivity contribution in [1.29, 1.82) is 0 Å². The third kappa shape index (κ3) is 3.41. The summed E-state index contributed by atoms with van der Waals surface area (Å²) in [6.07, 6.45) is 0. The molecule has 136 valence electrons. The highest BCUT2D eigenvalue weighted by Gasteiger charge is 2.11. The number of carbonyl (C=O) groups excluding carboxylic acids is 1. The van der Waals surface area contributed by atoms with Crippen LogP contribution in [0.15, 0.2) is 72.8 Å². The monoisotopic (exact) mass is 365 g/mol. The molecule has 0 bridgehead atoms. The minimum Gasteiger partial charge on any atom is -0.497 e. The van der Waals surface area contributed by atoms with Crippen molar-refractivity contribution in [2.75, 3.05) is 7.11 Å². The van der Waals surface area contributed by atoms with E-state index in [-0.39, 0.29) is 5.78 Å². The van der Waals surface area contributed by atoms with Gasteiger partial charge in [-0.15, -0.1) is 0 Å². The van der Waals surface area contributed by atoms with Gasteiger partial charge in [0.2, 0.25) is 0 Å². The molecule has 0 unspecified atom stereocenters. The number of hydrogen-bond donors (Lipinski definition) is 1. The Morgan fingerprint density at radius 1 is 0.893 bits per heavy atom. The van der Waals surface area contributed by atoms with E-state index in [2.05, 4.69) is 29.0 Å². The molecule has 0 atom stereocenters. The molecule has 1 aromatic heterocycles. The van der Waals surface area contributed by atoms with Gasteiger partial charge in [0, 0.05) is 22.0 Å². The van der Waals surface area contributed by atoms with Crippen molar-refractivity contribution < 1.29 is 9.53 Å². The van der Waals surface area contributed by atoms with Crippen LogP contribution in [0.5, 0.6) is 5.75 Å². The summed E-state index contributed by atoms with van der Waals surface area (Å²) in [6, 6.07) is 23.5. The van der Waals surface area contributed by atoms with Crippen LogP contribution in [0.25, 0.3) is 22.2 Å². The van der Waals surface area contributed by atoms with Crippen LogP contribution in [0, 0.1) is 11.8 Å². The molecule has 1 heterocycles. The van der Waals surface area contributed by atoms with Crippen LogP contribution in [-0.2, 0) is 0 Å². The molecular weight excluding hydrogens is 346 g/mol. The van der Waals surface area contributed by atoms with Crippen LogP contribution in [0.4, 0.5) is 0 Å². The lowest BCUT2D eigenvalue weighted by molar-refractivity contribution is 0.101. The molecule has 3 nitrogen and oxygen atoms in total. The van der Waals surface area contributed by atoms with Gasteiger partial charge in [-0.25, -0.2) is 0 Å². The Labute approximate surface area is 164 Å². The first kappa shape index (κ1) is 17.6. The molecule has 0 saturated carbocycles. The summed E-state index contributed by atoms with van der Waals surface area (Å²) in [5.74, 6) is 7.43. The van der Waals surface area contributed by atoms with Crippen molar-refractivity contribution in [3.05, 3.63) is 89.5 Å². The Balaban J connectivity index is 1.80. The molecule has 4 rings (SSSR count). The molecule has 1 N–H and O–H groups in total. The van der Waals surface area contributed by atoms with Crippen molar-refractivity contribution in [3.63, 3.8) is 0 Å². The van der Waals surface area contributed by atoms with E-state index in [1.807, 2.05) is 60.7 Å². The average Bonchev–Trinajstić information content (AvgIpc) is 3.11. The summed E-state index contributed by atoms with van der Waals surface area (Å²) < 4.78 is 5.26. The minimum atomic E-state index is 0.0536. The number of fused-ring (bicyclic) bond motifs is 1. The summed E-state index contributed by atoms with van der Waals surface area (Å²) in [5, 5.41) is 1.08. The SMILES string of the molecule is COc1ccc(-c2[nH]c3ccccc3c2C#Cc2ccc(C(C)=O)cc2)cc1. The summed E-state index contributed by atoms with van der Waals surface area (Å²) in [6.45, 7) is 1.56. The molecule has 0 fully saturated rings.